The van der Waals surface area contributed by atoms with Crippen LogP contribution in [0.5, 0.6) is 0 Å². The average Bonchev–Trinajstić information content (AvgIpc) is 3.06. The zero-order valence-electron chi connectivity index (χ0n) is 12.3. The van der Waals surface area contributed by atoms with Gasteiger partial charge in [0.15, 0.2) is 0 Å². The summed E-state index contributed by atoms with van der Waals surface area (Å²) >= 11 is 0. The summed E-state index contributed by atoms with van der Waals surface area (Å²) in [5.41, 5.74) is 0.359. The predicted molar refractivity (Wildman–Crippen MR) is 81.6 cm³/mol. The highest BCUT2D eigenvalue weighted by atomic mass is 19.1. The van der Waals surface area contributed by atoms with Gasteiger partial charge in [0, 0.05) is 18.7 Å². The van der Waals surface area contributed by atoms with E-state index in [0.29, 0.717) is 24.4 Å². The number of H-pyrrole nitrogens is 1. The molecule has 0 aliphatic carbocycles. The van der Waals surface area contributed by atoms with Crippen molar-refractivity contribution >= 4 is 5.91 Å². The molecule has 2 aromatic rings. The van der Waals surface area contributed by atoms with E-state index >= 15 is 0 Å². The van der Waals surface area contributed by atoms with E-state index in [2.05, 4.69) is 15.3 Å². The number of hydrogen-bond donors (Lipinski definition) is 2. The van der Waals surface area contributed by atoms with Crippen molar-refractivity contribution in [2.75, 3.05) is 13.2 Å². The van der Waals surface area contributed by atoms with Gasteiger partial charge in [-0.15, -0.1) is 0 Å². The molecule has 3 rings (SSSR count). The van der Waals surface area contributed by atoms with E-state index < -0.39 is 11.6 Å². The number of nitrogens with one attached hydrogen (secondary N) is 2. The molecule has 1 amide bonds. The van der Waals surface area contributed by atoms with Gasteiger partial charge in [0.1, 0.15) is 11.5 Å². The SMILES string of the molecule is O=C(NCC1CCCO1)c1cc(-c2ccc(F)cc2)nc(=O)[nH]1. The molecule has 120 valence electrons. The highest BCUT2D eigenvalue weighted by Gasteiger charge is 2.17. The Labute approximate surface area is 131 Å². The van der Waals surface area contributed by atoms with Gasteiger partial charge in [0.05, 0.1) is 11.8 Å². The zero-order valence-corrected chi connectivity index (χ0v) is 12.3. The number of aromatic amines is 1. The molecule has 6 nitrogen and oxygen atoms in total. The fourth-order valence-corrected chi connectivity index (χ4v) is 2.46. The number of carbonyl (C=O) groups is 1. The van der Waals surface area contributed by atoms with Crippen molar-refractivity contribution in [2.45, 2.75) is 18.9 Å². The topological polar surface area (TPSA) is 84.1 Å². The number of hydrogen-bond acceptors (Lipinski definition) is 4. The standard InChI is InChI=1S/C16H16FN3O3/c17-11-5-3-10(4-6-11)13-8-14(20-16(22)19-13)15(21)18-9-12-2-1-7-23-12/h3-6,8,12H,1-2,7,9H2,(H,18,21)(H,19,20,22). The molecular formula is C16H16FN3O3. The lowest BCUT2D eigenvalue weighted by Crippen LogP contribution is -2.33. The first-order valence-electron chi connectivity index (χ1n) is 7.39. The highest BCUT2D eigenvalue weighted by molar-refractivity contribution is 5.93. The molecule has 0 radical (unpaired) electrons. The second-order valence-corrected chi connectivity index (χ2v) is 5.34. The molecule has 1 saturated heterocycles. The Morgan fingerprint density at radius 2 is 2.17 bits per heavy atom. The number of ether oxygens (including phenoxy) is 1. The Hall–Kier alpha value is -2.54. The fraction of sp³-hybridized carbons (Fsp3) is 0.312. The summed E-state index contributed by atoms with van der Waals surface area (Å²) in [6.07, 6.45) is 1.92. The van der Waals surface area contributed by atoms with E-state index in [9.17, 15) is 14.0 Å². The smallest absolute Gasteiger partial charge is 0.346 e. The third-order valence-electron chi connectivity index (χ3n) is 3.64. The van der Waals surface area contributed by atoms with E-state index in [1.54, 1.807) is 0 Å². The summed E-state index contributed by atoms with van der Waals surface area (Å²) < 4.78 is 18.4. The van der Waals surface area contributed by atoms with Crippen molar-refractivity contribution in [3.63, 3.8) is 0 Å². The van der Waals surface area contributed by atoms with E-state index in [0.717, 1.165) is 12.8 Å². The second kappa shape index (κ2) is 6.70. The van der Waals surface area contributed by atoms with Crippen LogP contribution in [0.1, 0.15) is 23.3 Å². The first-order valence-corrected chi connectivity index (χ1v) is 7.39. The minimum atomic E-state index is -0.630. The molecule has 7 heteroatoms. The molecule has 0 spiro atoms. The van der Waals surface area contributed by atoms with Crippen LogP contribution in [0.15, 0.2) is 35.1 Å². The molecule has 1 atom stereocenters. The first-order chi connectivity index (χ1) is 11.1. The van der Waals surface area contributed by atoms with Gasteiger partial charge in [-0.05, 0) is 43.2 Å². The molecule has 1 unspecified atom stereocenters. The van der Waals surface area contributed by atoms with E-state index in [4.69, 9.17) is 4.74 Å². The second-order valence-electron chi connectivity index (χ2n) is 5.34. The van der Waals surface area contributed by atoms with Crippen LogP contribution in [0.3, 0.4) is 0 Å². The van der Waals surface area contributed by atoms with Crippen LogP contribution in [0.2, 0.25) is 0 Å². The van der Waals surface area contributed by atoms with E-state index in [1.807, 2.05) is 0 Å². The van der Waals surface area contributed by atoms with Gasteiger partial charge >= 0.3 is 5.69 Å². The van der Waals surface area contributed by atoms with Crippen LogP contribution in [0.25, 0.3) is 11.3 Å². The molecule has 1 aliphatic rings. The summed E-state index contributed by atoms with van der Waals surface area (Å²) in [7, 11) is 0. The molecule has 0 bridgehead atoms. The van der Waals surface area contributed by atoms with Crippen LogP contribution < -0.4 is 11.0 Å². The molecular weight excluding hydrogens is 301 g/mol. The average molecular weight is 317 g/mol. The van der Waals surface area contributed by atoms with E-state index in [1.165, 1.54) is 30.3 Å². The minimum absolute atomic E-state index is 0.0177. The molecule has 1 fully saturated rings. The number of nitrogens with zero attached hydrogens (tertiary/aromatic N) is 1. The van der Waals surface area contributed by atoms with Gasteiger partial charge in [-0.1, -0.05) is 0 Å². The molecule has 1 aromatic carbocycles. The van der Waals surface area contributed by atoms with Crippen molar-refractivity contribution in [1.82, 2.24) is 15.3 Å². The fourth-order valence-electron chi connectivity index (χ4n) is 2.46. The minimum Gasteiger partial charge on any atom is -0.376 e. The molecule has 2 heterocycles. The van der Waals surface area contributed by atoms with Crippen molar-refractivity contribution in [3.05, 3.63) is 52.3 Å². The summed E-state index contributed by atoms with van der Waals surface area (Å²) in [6, 6.07) is 7.03. The maximum Gasteiger partial charge on any atom is 0.346 e. The third-order valence-corrected chi connectivity index (χ3v) is 3.64. The van der Waals surface area contributed by atoms with Crippen molar-refractivity contribution in [3.8, 4) is 11.3 Å². The lowest BCUT2D eigenvalue weighted by atomic mass is 10.1. The number of benzene rings is 1. The third kappa shape index (κ3) is 3.81. The Morgan fingerprint density at radius 1 is 1.39 bits per heavy atom. The van der Waals surface area contributed by atoms with Gasteiger partial charge in [0.2, 0.25) is 0 Å². The number of rotatable bonds is 4. The van der Waals surface area contributed by atoms with E-state index in [-0.39, 0.29) is 17.6 Å². The van der Waals surface area contributed by atoms with Crippen LogP contribution >= 0.6 is 0 Å². The first kappa shape index (κ1) is 15.4. The summed E-state index contributed by atoms with van der Waals surface area (Å²) in [4.78, 5) is 30.1. The summed E-state index contributed by atoms with van der Waals surface area (Å²) in [5.74, 6) is -0.781. The molecule has 2 N–H and O–H groups in total. The highest BCUT2D eigenvalue weighted by Crippen LogP contribution is 2.16. The van der Waals surface area contributed by atoms with Gasteiger partial charge in [0.25, 0.3) is 5.91 Å². The zero-order chi connectivity index (χ0) is 16.2. The van der Waals surface area contributed by atoms with Crippen LogP contribution in [0.4, 0.5) is 4.39 Å². The van der Waals surface area contributed by atoms with Crippen molar-refractivity contribution < 1.29 is 13.9 Å². The molecule has 0 saturated carbocycles. The van der Waals surface area contributed by atoms with Crippen LogP contribution in [-0.2, 0) is 4.74 Å². The lowest BCUT2D eigenvalue weighted by Gasteiger charge is -2.11. The summed E-state index contributed by atoms with van der Waals surface area (Å²) in [6.45, 7) is 1.11. The lowest BCUT2D eigenvalue weighted by molar-refractivity contribution is 0.0853. The number of halogens is 1. The maximum absolute atomic E-state index is 13.0. The molecule has 23 heavy (non-hydrogen) atoms. The Kier molecular flexibility index (Phi) is 4.47. The molecule has 1 aromatic heterocycles. The van der Waals surface area contributed by atoms with Gasteiger partial charge < -0.3 is 15.0 Å². The Bertz CT molecular complexity index is 752. The Morgan fingerprint density at radius 3 is 2.87 bits per heavy atom. The number of amides is 1. The van der Waals surface area contributed by atoms with Gasteiger partial charge in [-0.3, -0.25) is 4.79 Å². The van der Waals surface area contributed by atoms with Gasteiger partial charge in [-0.25, -0.2) is 9.18 Å². The predicted octanol–water partition coefficient (Wildman–Crippen LogP) is 1.48. The van der Waals surface area contributed by atoms with Crippen molar-refractivity contribution in [2.24, 2.45) is 0 Å². The quantitative estimate of drug-likeness (QED) is 0.895. The number of carbonyl (C=O) groups excluding carboxylic acids is 1. The largest absolute Gasteiger partial charge is 0.376 e. The van der Waals surface area contributed by atoms with Crippen LogP contribution in [0, 0.1) is 5.82 Å². The summed E-state index contributed by atoms with van der Waals surface area (Å²) in [5, 5.41) is 2.73. The van der Waals surface area contributed by atoms with Gasteiger partial charge in [-0.2, -0.15) is 4.98 Å². The van der Waals surface area contributed by atoms with Crippen LogP contribution in [-0.4, -0.2) is 35.1 Å². The maximum atomic E-state index is 13.0. The number of aromatic nitrogens is 2. The normalized spacial score (nSPS) is 17.2. The van der Waals surface area contributed by atoms with Crippen molar-refractivity contribution in [1.29, 1.82) is 0 Å². The monoisotopic (exact) mass is 317 g/mol. The molecule has 1 aliphatic heterocycles. The Balaban J connectivity index is 1.78.